The largest absolute Gasteiger partial charge is 0.481 e. The van der Waals surface area contributed by atoms with E-state index in [1.807, 2.05) is 20.8 Å². The van der Waals surface area contributed by atoms with Crippen LogP contribution in [-0.4, -0.2) is 39.0 Å². The molecule has 0 amide bonds. The molecule has 0 radical (unpaired) electrons. The summed E-state index contributed by atoms with van der Waals surface area (Å²) in [6.07, 6.45) is 4.08. The van der Waals surface area contributed by atoms with E-state index >= 15 is 0 Å². The Bertz CT molecular complexity index is 504. The molecule has 2 unspecified atom stereocenters. The molecule has 1 N–H and O–H groups in total. The van der Waals surface area contributed by atoms with Crippen LogP contribution in [0.15, 0.2) is 12.4 Å². The van der Waals surface area contributed by atoms with E-state index < -0.39 is 11.4 Å². The Morgan fingerprint density at radius 3 is 2.50 bits per heavy atom. The van der Waals surface area contributed by atoms with Gasteiger partial charge >= 0.3 is 5.97 Å². The van der Waals surface area contributed by atoms with E-state index in [4.69, 9.17) is 0 Å². The SMILES string of the molecule is Cc1nccnc1C(C)N1CCC(C(=O)O)(C(C)C)C1. The number of carbonyl (C=O) groups is 1. The average molecular weight is 277 g/mol. The van der Waals surface area contributed by atoms with Gasteiger partial charge in [-0.1, -0.05) is 13.8 Å². The highest BCUT2D eigenvalue weighted by Crippen LogP contribution is 2.41. The van der Waals surface area contributed by atoms with Crippen LogP contribution in [0.4, 0.5) is 0 Å². The van der Waals surface area contributed by atoms with Crippen LogP contribution in [0.25, 0.3) is 0 Å². The van der Waals surface area contributed by atoms with Crippen LogP contribution in [0, 0.1) is 18.3 Å². The van der Waals surface area contributed by atoms with Gasteiger partial charge in [0.15, 0.2) is 0 Å². The van der Waals surface area contributed by atoms with Crippen molar-refractivity contribution in [3.63, 3.8) is 0 Å². The maximum Gasteiger partial charge on any atom is 0.311 e. The third-order valence-electron chi connectivity index (χ3n) is 4.72. The summed E-state index contributed by atoms with van der Waals surface area (Å²) in [6, 6.07) is 0.101. The van der Waals surface area contributed by atoms with Gasteiger partial charge < -0.3 is 5.11 Å². The highest BCUT2D eigenvalue weighted by atomic mass is 16.4. The second-order valence-electron chi connectivity index (χ2n) is 6.04. The fourth-order valence-electron chi connectivity index (χ4n) is 3.09. The first-order chi connectivity index (χ1) is 9.38. The lowest BCUT2D eigenvalue weighted by molar-refractivity contribution is -0.151. The number of likely N-dealkylation sites (tertiary alicyclic amines) is 1. The van der Waals surface area contributed by atoms with Crippen LogP contribution in [0.5, 0.6) is 0 Å². The van der Waals surface area contributed by atoms with E-state index in [1.54, 1.807) is 12.4 Å². The van der Waals surface area contributed by atoms with Gasteiger partial charge in [0.25, 0.3) is 0 Å². The van der Waals surface area contributed by atoms with Crippen LogP contribution >= 0.6 is 0 Å². The van der Waals surface area contributed by atoms with Gasteiger partial charge in [0.1, 0.15) is 0 Å². The van der Waals surface area contributed by atoms with Crippen molar-refractivity contribution in [3.05, 3.63) is 23.8 Å². The van der Waals surface area contributed by atoms with E-state index in [1.165, 1.54) is 0 Å². The molecule has 1 saturated heterocycles. The molecular formula is C15H23N3O2. The molecule has 0 saturated carbocycles. The number of nitrogens with zero attached hydrogens (tertiary/aromatic N) is 3. The van der Waals surface area contributed by atoms with Crippen molar-refractivity contribution >= 4 is 5.97 Å². The Balaban J connectivity index is 2.21. The maximum absolute atomic E-state index is 11.7. The molecule has 20 heavy (non-hydrogen) atoms. The lowest BCUT2D eigenvalue weighted by Gasteiger charge is -2.31. The van der Waals surface area contributed by atoms with E-state index in [9.17, 15) is 9.90 Å². The van der Waals surface area contributed by atoms with Gasteiger partial charge in [-0.25, -0.2) is 0 Å². The minimum atomic E-state index is -0.682. The van der Waals surface area contributed by atoms with Crippen molar-refractivity contribution in [1.82, 2.24) is 14.9 Å². The molecule has 0 aromatic carbocycles. The normalized spacial score (nSPS) is 25.1. The Morgan fingerprint density at radius 2 is 2.00 bits per heavy atom. The average Bonchev–Trinajstić information content (AvgIpc) is 2.85. The van der Waals surface area contributed by atoms with Gasteiger partial charge in [-0.05, 0) is 32.7 Å². The second kappa shape index (κ2) is 5.48. The fourth-order valence-corrected chi connectivity index (χ4v) is 3.09. The molecule has 110 valence electrons. The summed E-state index contributed by atoms with van der Waals surface area (Å²) in [7, 11) is 0. The molecule has 2 heterocycles. The highest BCUT2D eigenvalue weighted by molar-refractivity contribution is 5.75. The van der Waals surface area contributed by atoms with Crippen LogP contribution < -0.4 is 0 Å². The summed E-state index contributed by atoms with van der Waals surface area (Å²) in [5.74, 6) is -0.557. The first-order valence-electron chi connectivity index (χ1n) is 7.13. The zero-order valence-corrected chi connectivity index (χ0v) is 12.6. The predicted octanol–water partition coefficient (Wildman–Crippen LogP) is 2.28. The van der Waals surface area contributed by atoms with Crippen LogP contribution in [0.2, 0.25) is 0 Å². The number of aromatic nitrogens is 2. The van der Waals surface area contributed by atoms with Gasteiger partial charge in [-0.15, -0.1) is 0 Å². The number of hydrogen-bond acceptors (Lipinski definition) is 4. The standard InChI is InChI=1S/C15H23N3O2/c1-10(2)15(14(19)20)5-8-18(9-15)12(4)13-11(3)16-6-7-17-13/h6-7,10,12H,5,8-9H2,1-4H3,(H,19,20). The summed E-state index contributed by atoms with van der Waals surface area (Å²) in [5.41, 5.74) is 1.22. The monoisotopic (exact) mass is 277 g/mol. The van der Waals surface area contributed by atoms with Gasteiger partial charge in [0.2, 0.25) is 0 Å². The van der Waals surface area contributed by atoms with E-state index in [0.717, 1.165) is 17.9 Å². The molecule has 1 aliphatic heterocycles. The van der Waals surface area contributed by atoms with E-state index in [-0.39, 0.29) is 12.0 Å². The molecule has 2 rings (SSSR count). The number of aliphatic carboxylic acids is 1. The summed E-state index contributed by atoms with van der Waals surface area (Å²) < 4.78 is 0. The Morgan fingerprint density at radius 1 is 1.35 bits per heavy atom. The Hall–Kier alpha value is -1.49. The minimum Gasteiger partial charge on any atom is -0.481 e. The molecule has 0 bridgehead atoms. The molecule has 1 aromatic rings. The van der Waals surface area contributed by atoms with Crippen molar-refractivity contribution in [3.8, 4) is 0 Å². The van der Waals surface area contributed by atoms with Crippen molar-refractivity contribution in [2.24, 2.45) is 11.3 Å². The van der Waals surface area contributed by atoms with Gasteiger partial charge in [0.05, 0.1) is 22.8 Å². The lowest BCUT2D eigenvalue weighted by Crippen LogP contribution is -2.39. The van der Waals surface area contributed by atoms with Crippen molar-refractivity contribution in [2.45, 2.75) is 40.2 Å². The van der Waals surface area contributed by atoms with Crippen molar-refractivity contribution in [1.29, 1.82) is 0 Å². The molecule has 1 aliphatic rings. The molecule has 5 nitrogen and oxygen atoms in total. The predicted molar refractivity (Wildman–Crippen MR) is 76.3 cm³/mol. The number of rotatable bonds is 4. The zero-order chi connectivity index (χ0) is 14.9. The van der Waals surface area contributed by atoms with Crippen LogP contribution in [-0.2, 0) is 4.79 Å². The van der Waals surface area contributed by atoms with E-state index in [0.29, 0.717) is 13.0 Å². The number of carboxylic acids is 1. The number of aryl methyl sites for hydroxylation is 1. The topological polar surface area (TPSA) is 66.3 Å². The van der Waals surface area contributed by atoms with Gasteiger partial charge in [0, 0.05) is 18.9 Å². The minimum absolute atomic E-state index is 0.101. The summed E-state index contributed by atoms with van der Waals surface area (Å²) in [4.78, 5) is 22.6. The maximum atomic E-state index is 11.7. The Kier molecular flexibility index (Phi) is 4.09. The zero-order valence-electron chi connectivity index (χ0n) is 12.6. The van der Waals surface area contributed by atoms with Crippen LogP contribution in [0.1, 0.15) is 44.6 Å². The molecule has 1 fully saturated rings. The summed E-state index contributed by atoms with van der Waals surface area (Å²) in [5, 5.41) is 9.60. The molecule has 1 aromatic heterocycles. The van der Waals surface area contributed by atoms with Crippen molar-refractivity contribution < 1.29 is 9.90 Å². The third-order valence-corrected chi connectivity index (χ3v) is 4.72. The molecule has 0 spiro atoms. The van der Waals surface area contributed by atoms with Crippen molar-refractivity contribution in [2.75, 3.05) is 13.1 Å². The van der Waals surface area contributed by atoms with Gasteiger partial charge in [-0.2, -0.15) is 0 Å². The number of hydrogen-bond donors (Lipinski definition) is 1. The number of carboxylic acid groups (broad SMARTS) is 1. The molecule has 2 atom stereocenters. The highest BCUT2D eigenvalue weighted by Gasteiger charge is 2.48. The third kappa shape index (κ3) is 2.42. The molecule has 0 aliphatic carbocycles. The first-order valence-corrected chi connectivity index (χ1v) is 7.13. The van der Waals surface area contributed by atoms with Crippen LogP contribution in [0.3, 0.4) is 0 Å². The molecule has 5 heteroatoms. The fraction of sp³-hybridized carbons (Fsp3) is 0.667. The Labute approximate surface area is 120 Å². The van der Waals surface area contributed by atoms with Gasteiger partial charge in [-0.3, -0.25) is 19.7 Å². The second-order valence-corrected chi connectivity index (χ2v) is 6.04. The quantitative estimate of drug-likeness (QED) is 0.914. The molecular weight excluding hydrogens is 254 g/mol. The lowest BCUT2D eigenvalue weighted by atomic mass is 9.76. The van der Waals surface area contributed by atoms with E-state index in [2.05, 4.69) is 21.8 Å². The first kappa shape index (κ1) is 14.9. The summed E-state index contributed by atoms with van der Waals surface area (Å²) >= 11 is 0. The summed E-state index contributed by atoms with van der Waals surface area (Å²) in [6.45, 7) is 9.39. The smallest absolute Gasteiger partial charge is 0.311 e.